The van der Waals surface area contributed by atoms with Gasteiger partial charge in [0, 0.05) is 18.7 Å². The third kappa shape index (κ3) is 5.85. The molecular formula is C21H23N3O3S. The first kappa shape index (κ1) is 19.9. The Morgan fingerprint density at radius 2 is 1.93 bits per heavy atom. The van der Waals surface area contributed by atoms with E-state index in [1.54, 1.807) is 24.3 Å². The van der Waals surface area contributed by atoms with Crippen molar-refractivity contribution >= 4 is 34.4 Å². The minimum absolute atomic E-state index is 0.0986. The van der Waals surface area contributed by atoms with Crippen LogP contribution in [0.1, 0.15) is 18.9 Å². The predicted octanol–water partition coefficient (Wildman–Crippen LogP) is 3.24. The van der Waals surface area contributed by atoms with Crippen molar-refractivity contribution in [2.24, 2.45) is 4.99 Å². The van der Waals surface area contributed by atoms with Crippen LogP contribution in [-0.2, 0) is 16.0 Å². The van der Waals surface area contributed by atoms with Crippen LogP contribution in [0.2, 0.25) is 0 Å². The van der Waals surface area contributed by atoms with Crippen molar-refractivity contribution in [1.82, 2.24) is 5.32 Å². The Balaban J connectivity index is 1.46. The molecule has 2 aromatic rings. The van der Waals surface area contributed by atoms with Gasteiger partial charge in [-0.2, -0.15) is 0 Å². The molecule has 0 bridgehead atoms. The Labute approximate surface area is 168 Å². The molecule has 0 spiro atoms. The Morgan fingerprint density at radius 1 is 1.18 bits per heavy atom. The number of amidine groups is 1. The maximum atomic E-state index is 12.3. The standard InChI is InChI=1S/C21H23N3O3S/c1-2-27-17-10-8-16(9-11-17)23-19(25)14-18-20(26)24-21(28-18)22-13-12-15-6-4-3-5-7-15/h3-11,18H,2,12-14H2,1H3,(H,23,25)(H,22,24,26)/t18-/m0/s1. The summed E-state index contributed by atoms with van der Waals surface area (Å²) >= 11 is 1.31. The second kappa shape index (κ2) is 9.94. The number of benzene rings is 2. The highest BCUT2D eigenvalue weighted by Crippen LogP contribution is 2.23. The van der Waals surface area contributed by atoms with E-state index in [1.807, 2.05) is 25.1 Å². The van der Waals surface area contributed by atoms with Crippen molar-refractivity contribution in [3.8, 4) is 5.75 Å². The summed E-state index contributed by atoms with van der Waals surface area (Å²) in [5, 5.41) is 5.69. The molecule has 1 fully saturated rings. The number of carbonyl (C=O) groups excluding carboxylic acids is 2. The Hall–Kier alpha value is -2.80. The van der Waals surface area contributed by atoms with Gasteiger partial charge in [-0.05, 0) is 43.2 Å². The van der Waals surface area contributed by atoms with E-state index in [1.165, 1.54) is 17.3 Å². The third-order valence-electron chi connectivity index (χ3n) is 4.10. The lowest BCUT2D eigenvalue weighted by atomic mass is 10.2. The summed E-state index contributed by atoms with van der Waals surface area (Å²) in [6.07, 6.45) is 0.908. The molecule has 0 unspecified atom stereocenters. The van der Waals surface area contributed by atoms with Crippen LogP contribution in [0.4, 0.5) is 5.69 Å². The topological polar surface area (TPSA) is 79.8 Å². The zero-order chi connectivity index (χ0) is 19.8. The maximum Gasteiger partial charge on any atom is 0.240 e. The highest BCUT2D eigenvalue weighted by atomic mass is 32.2. The average molecular weight is 398 g/mol. The average Bonchev–Trinajstić information content (AvgIpc) is 3.03. The minimum atomic E-state index is -0.460. The summed E-state index contributed by atoms with van der Waals surface area (Å²) in [6.45, 7) is 3.10. The number of carbonyl (C=O) groups is 2. The van der Waals surface area contributed by atoms with E-state index in [0.29, 0.717) is 24.0 Å². The molecule has 1 aliphatic rings. The highest BCUT2D eigenvalue weighted by Gasteiger charge is 2.31. The number of rotatable bonds is 8. The highest BCUT2D eigenvalue weighted by molar-refractivity contribution is 8.15. The molecule has 0 radical (unpaired) electrons. The van der Waals surface area contributed by atoms with Gasteiger partial charge in [-0.15, -0.1) is 0 Å². The largest absolute Gasteiger partial charge is 0.494 e. The predicted molar refractivity (Wildman–Crippen MR) is 113 cm³/mol. The first-order valence-corrected chi connectivity index (χ1v) is 10.1. The van der Waals surface area contributed by atoms with Gasteiger partial charge in [-0.3, -0.25) is 14.6 Å². The molecule has 2 amide bonds. The van der Waals surface area contributed by atoms with Crippen molar-refractivity contribution in [2.45, 2.75) is 25.0 Å². The molecule has 1 atom stereocenters. The lowest BCUT2D eigenvalue weighted by molar-refractivity contribution is -0.122. The number of hydrogen-bond donors (Lipinski definition) is 2. The number of hydrogen-bond acceptors (Lipinski definition) is 5. The minimum Gasteiger partial charge on any atom is -0.494 e. The summed E-state index contributed by atoms with van der Waals surface area (Å²) in [4.78, 5) is 28.8. The molecule has 0 aromatic heterocycles. The molecule has 146 valence electrons. The van der Waals surface area contributed by atoms with Crippen LogP contribution < -0.4 is 15.4 Å². The van der Waals surface area contributed by atoms with Gasteiger partial charge in [0.2, 0.25) is 11.8 Å². The number of aliphatic imine (C=N–C) groups is 1. The maximum absolute atomic E-state index is 12.3. The van der Waals surface area contributed by atoms with Crippen LogP contribution in [0.25, 0.3) is 0 Å². The number of thioether (sulfide) groups is 1. The lowest BCUT2D eigenvalue weighted by Crippen LogP contribution is -2.28. The molecule has 0 saturated carbocycles. The van der Waals surface area contributed by atoms with E-state index in [-0.39, 0.29) is 18.2 Å². The fourth-order valence-electron chi connectivity index (χ4n) is 2.73. The Bertz CT molecular complexity index is 838. The number of nitrogens with one attached hydrogen (secondary N) is 2. The first-order chi connectivity index (χ1) is 13.6. The van der Waals surface area contributed by atoms with E-state index in [4.69, 9.17) is 4.74 Å². The van der Waals surface area contributed by atoms with E-state index in [9.17, 15) is 9.59 Å². The quantitative estimate of drug-likeness (QED) is 0.717. The van der Waals surface area contributed by atoms with Gasteiger partial charge in [0.1, 0.15) is 11.0 Å². The van der Waals surface area contributed by atoms with Crippen LogP contribution in [-0.4, -0.2) is 35.4 Å². The van der Waals surface area contributed by atoms with E-state index >= 15 is 0 Å². The Morgan fingerprint density at radius 3 is 2.64 bits per heavy atom. The third-order valence-corrected chi connectivity index (χ3v) is 5.21. The number of nitrogens with zero attached hydrogens (tertiary/aromatic N) is 1. The molecule has 1 aliphatic heterocycles. The molecule has 1 heterocycles. The molecule has 7 heteroatoms. The van der Waals surface area contributed by atoms with E-state index in [2.05, 4.69) is 27.8 Å². The normalized spacial score (nSPS) is 17.4. The molecule has 3 rings (SSSR count). The molecule has 6 nitrogen and oxygen atoms in total. The summed E-state index contributed by atoms with van der Waals surface area (Å²) in [5.74, 6) is 0.371. The van der Waals surface area contributed by atoms with Gasteiger partial charge in [-0.1, -0.05) is 42.1 Å². The summed E-state index contributed by atoms with van der Waals surface area (Å²) in [7, 11) is 0. The number of ether oxygens (including phenoxy) is 1. The van der Waals surface area contributed by atoms with Gasteiger partial charge in [-0.25, -0.2) is 0 Å². The van der Waals surface area contributed by atoms with Crippen molar-refractivity contribution in [1.29, 1.82) is 0 Å². The van der Waals surface area contributed by atoms with E-state index < -0.39 is 5.25 Å². The fraction of sp³-hybridized carbons (Fsp3) is 0.286. The molecule has 28 heavy (non-hydrogen) atoms. The zero-order valence-corrected chi connectivity index (χ0v) is 16.5. The fourth-order valence-corrected chi connectivity index (χ4v) is 3.72. The summed E-state index contributed by atoms with van der Waals surface area (Å²) in [5.41, 5.74) is 1.88. The second-order valence-electron chi connectivity index (χ2n) is 6.23. The molecule has 2 aromatic carbocycles. The van der Waals surface area contributed by atoms with Crippen LogP contribution >= 0.6 is 11.8 Å². The Kier molecular flexibility index (Phi) is 7.08. The monoisotopic (exact) mass is 397 g/mol. The van der Waals surface area contributed by atoms with Gasteiger partial charge < -0.3 is 15.4 Å². The van der Waals surface area contributed by atoms with Gasteiger partial charge >= 0.3 is 0 Å². The molecular weight excluding hydrogens is 374 g/mol. The smallest absolute Gasteiger partial charge is 0.240 e. The van der Waals surface area contributed by atoms with E-state index in [0.717, 1.165) is 12.2 Å². The van der Waals surface area contributed by atoms with Crippen molar-refractivity contribution < 1.29 is 14.3 Å². The number of amides is 2. The van der Waals surface area contributed by atoms with Gasteiger partial charge in [0.15, 0.2) is 5.17 Å². The molecule has 0 aliphatic carbocycles. The van der Waals surface area contributed by atoms with Crippen LogP contribution in [0.15, 0.2) is 59.6 Å². The molecule has 2 N–H and O–H groups in total. The first-order valence-electron chi connectivity index (χ1n) is 9.22. The van der Waals surface area contributed by atoms with Gasteiger partial charge in [0.05, 0.1) is 6.61 Å². The zero-order valence-electron chi connectivity index (χ0n) is 15.7. The lowest BCUT2D eigenvalue weighted by Gasteiger charge is -2.08. The van der Waals surface area contributed by atoms with Crippen LogP contribution in [0, 0.1) is 0 Å². The van der Waals surface area contributed by atoms with Crippen LogP contribution in [0.3, 0.4) is 0 Å². The second-order valence-corrected chi connectivity index (χ2v) is 7.42. The summed E-state index contributed by atoms with van der Waals surface area (Å²) in [6, 6.07) is 17.2. The van der Waals surface area contributed by atoms with Crippen LogP contribution in [0.5, 0.6) is 5.75 Å². The van der Waals surface area contributed by atoms with Gasteiger partial charge in [0.25, 0.3) is 0 Å². The van der Waals surface area contributed by atoms with Crippen molar-refractivity contribution in [3.63, 3.8) is 0 Å². The summed E-state index contributed by atoms with van der Waals surface area (Å²) < 4.78 is 5.38. The molecule has 1 saturated heterocycles. The SMILES string of the molecule is CCOc1ccc(NC(=O)C[C@@H]2SC(=NCCc3ccccc3)NC2=O)cc1. The van der Waals surface area contributed by atoms with Crippen molar-refractivity contribution in [3.05, 3.63) is 60.2 Å². The van der Waals surface area contributed by atoms with Crippen molar-refractivity contribution in [2.75, 3.05) is 18.5 Å². The number of anilines is 1.